The maximum atomic E-state index is 6.37. The highest BCUT2D eigenvalue weighted by Gasteiger charge is 2.26. The van der Waals surface area contributed by atoms with Crippen molar-refractivity contribution >= 4 is 0 Å². The number of methoxy groups -OCH3 is 1. The molecule has 0 amide bonds. The van der Waals surface area contributed by atoms with E-state index in [0.717, 1.165) is 30.6 Å². The van der Waals surface area contributed by atoms with Crippen LogP contribution in [0.2, 0.25) is 0 Å². The third kappa shape index (κ3) is 4.39. The molecule has 0 radical (unpaired) electrons. The minimum Gasteiger partial charge on any atom is -0.486 e. The van der Waals surface area contributed by atoms with Crippen molar-refractivity contribution in [1.29, 1.82) is 0 Å². The molecule has 5 nitrogen and oxygen atoms in total. The number of fused-ring (bicyclic) bond motifs is 1. The molecule has 1 unspecified atom stereocenters. The minimum absolute atomic E-state index is 0.0749. The zero-order valence-electron chi connectivity index (χ0n) is 18.0. The average Bonchev–Trinajstić information content (AvgIpc) is 3.47. The first-order chi connectivity index (χ1) is 15.8. The van der Waals surface area contributed by atoms with Crippen molar-refractivity contribution in [2.75, 3.05) is 13.9 Å². The van der Waals surface area contributed by atoms with Crippen LogP contribution in [0.3, 0.4) is 0 Å². The van der Waals surface area contributed by atoms with Crippen molar-refractivity contribution in [3.05, 3.63) is 101 Å². The Morgan fingerprint density at radius 3 is 2.62 bits per heavy atom. The van der Waals surface area contributed by atoms with E-state index in [9.17, 15) is 0 Å². The van der Waals surface area contributed by atoms with Gasteiger partial charge in [0, 0.05) is 18.7 Å². The predicted molar refractivity (Wildman–Crippen MR) is 122 cm³/mol. The van der Waals surface area contributed by atoms with Crippen LogP contribution in [0, 0.1) is 0 Å². The first-order valence-electron chi connectivity index (χ1n) is 10.8. The standard InChI is InChI=1S/C27H25NO4/c1-29-18-30-27-17-26(32-28-27)20-10-12-22(13-11-20)31-25-15-14-23-21(8-5-9-24(23)25)16-19-6-3-2-4-7-19/h2-13,17,25H,14-16,18H2,1H3. The normalized spacial score (nSPS) is 14.8. The fraction of sp³-hybridized carbons (Fsp3) is 0.222. The number of hydrogen-bond donors (Lipinski definition) is 0. The highest BCUT2D eigenvalue weighted by molar-refractivity contribution is 5.59. The van der Waals surface area contributed by atoms with E-state index in [0.29, 0.717) is 11.6 Å². The van der Waals surface area contributed by atoms with Gasteiger partial charge in [0.2, 0.25) is 0 Å². The van der Waals surface area contributed by atoms with Crippen molar-refractivity contribution in [2.24, 2.45) is 0 Å². The molecule has 0 bridgehead atoms. The molecule has 0 saturated heterocycles. The van der Waals surface area contributed by atoms with Crippen LogP contribution in [0.15, 0.2) is 83.4 Å². The molecule has 0 N–H and O–H groups in total. The smallest absolute Gasteiger partial charge is 0.256 e. The van der Waals surface area contributed by atoms with Crippen molar-refractivity contribution in [3.8, 4) is 23.0 Å². The van der Waals surface area contributed by atoms with Gasteiger partial charge in [-0.25, -0.2) is 0 Å². The van der Waals surface area contributed by atoms with Crippen LogP contribution in [-0.2, 0) is 17.6 Å². The van der Waals surface area contributed by atoms with Gasteiger partial charge in [-0.3, -0.25) is 0 Å². The van der Waals surface area contributed by atoms with E-state index in [1.54, 1.807) is 13.2 Å². The predicted octanol–water partition coefficient (Wildman–Crippen LogP) is 5.98. The summed E-state index contributed by atoms with van der Waals surface area (Å²) in [6.07, 6.45) is 3.07. The molecule has 1 heterocycles. The average molecular weight is 428 g/mol. The van der Waals surface area contributed by atoms with E-state index in [1.165, 1.54) is 22.3 Å². The van der Waals surface area contributed by atoms with Crippen LogP contribution in [0.25, 0.3) is 11.3 Å². The number of aromatic nitrogens is 1. The van der Waals surface area contributed by atoms with E-state index >= 15 is 0 Å². The molecule has 0 saturated carbocycles. The highest BCUT2D eigenvalue weighted by atomic mass is 16.7. The van der Waals surface area contributed by atoms with Gasteiger partial charge < -0.3 is 18.7 Å². The number of ether oxygens (including phenoxy) is 3. The van der Waals surface area contributed by atoms with Crippen LogP contribution in [0.5, 0.6) is 11.6 Å². The molecule has 1 atom stereocenters. The lowest BCUT2D eigenvalue weighted by Crippen LogP contribution is -2.04. The summed E-state index contributed by atoms with van der Waals surface area (Å²) in [4.78, 5) is 0. The van der Waals surface area contributed by atoms with Gasteiger partial charge in [0.05, 0.1) is 0 Å². The van der Waals surface area contributed by atoms with E-state index in [4.69, 9.17) is 18.7 Å². The summed E-state index contributed by atoms with van der Waals surface area (Å²) in [6, 6.07) is 26.8. The van der Waals surface area contributed by atoms with Crippen molar-refractivity contribution in [3.63, 3.8) is 0 Å². The summed E-state index contributed by atoms with van der Waals surface area (Å²) < 4.78 is 21.9. The van der Waals surface area contributed by atoms with Crippen molar-refractivity contribution < 1.29 is 18.7 Å². The van der Waals surface area contributed by atoms with Gasteiger partial charge >= 0.3 is 0 Å². The molecule has 0 fully saturated rings. The second-order valence-corrected chi connectivity index (χ2v) is 7.90. The molecule has 32 heavy (non-hydrogen) atoms. The largest absolute Gasteiger partial charge is 0.486 e. The summed E-state index contributed by atoms with van der Waals surface area (Å²) in [5.74, 6) is 1.88. The molecular formula is C27H25NO4. The molecule has 1 aromatic heterocycles. The van der Waals surface area contributed by atoms with Crippen LogP contribution in [-0.4, -0.2) is 19.1 Å². The number of rotatable bonds is 8. The van der Waals surface area contributed by atoms with Crippen molar-refractivity contribution in [1.82, 2.24) is 5.16 Å². The zero-order valence-corrected chi connectivity index (χ0v) is 18.0. The summed E-state index contributed by atoms with van der Waals surface area (Å²) in [6.45, 7) is 0.134. The first kappa shape index (κ1) is 20.3. The van der Waals surface area contributed by atoms with Gasteiger partial charge in [0.1, 0.15) is 11.9 Å². The lowest BCUT2D eigenvalue weighted by atomic mass is 9.97. The van der Waals surface area contributed by atoms with Crippen LogP contribution < -0.4 is 9.47 Å². The fourth-order valence-electron chi connectivity index (χ4n) is 4.24. The second-order valence-electron chi connectivity index (χ2n) is 7.90. The summed E-state index contributed by atoms with van der Waals surface area (Å²) >= 11 is 0. The van der Waals surface area contributed by atoms with E-state index in [1.807, 2.05) is 24.3 Å². The third-order valence-corrected chi connectivity index (χ3v) is 5.78. The Hall–Kier alpha value is -3.57. The maximum Gasteiger partial charge on any atom is 0.256 e. The maximum absolute atomic E-state index is 6.37. The molecule has 3 aromatic carbocycles. The first-order valence-corrected chi connectivity index (χ1v) is 10.8. The summed E-state index contributed by atoms with van der Waals surface area (Å²) in [7, 11) is 1.56. The van der Waals surface area contributed by atoms with Gasteiger partial charge in [-0.1, -0.05) is 48.5 Å². The number of benzene rings is 3. The van der Waals surface area contributed by atoms with Crippen molar-refractivity contribution in [2.45, 2.75) is 25.4 Å². The number of hydrogen-bond acceptors (Lipinski definition) is 5. The summed E-state index contributed by atoms with van der Waals surface area (Å²) in [5.41, 5.74) is 6.38. The Morgan fingerprint density at radius 1 is 0.969 bits per heavy atom. The minimum atomic E-state index is 0.0749. The van der Waals surface area contributed by atoms with Crippen LogP contribution in [0.1, 0.15) is 34.8 Å². The van der Waals surface area contributed by atoms with Gasteiger partial charge in [-0.2, -0.15) is 0 Å². The molecule has 4 aromatic rings. The molecule has 1 aliphatic rings. The Morgan fingerprint density at radius 2 is 1.81 bits per heavy atom. The third-order valence-electron chi connectivity index (χ3n) is 5.78. The summed E-state index contributed by atoms with van der Waals surface area (Å²) in [5, 5.41) is 3.89. The Kier molecular flexibility index (Phi) is 5.90. The monoisotopic (exact) mass is 427 g/mol. The van der Waals surface area contributed by atoms with E-state index in [2.05, 4.69) is 53.7 Å². The van der Waals surface area contributed by atoms with Gasteiger partial charge in [0.25, 0.3) is 5.88 Å². The van der Waals surface area contributed by atoms with Crippen LogP contribution in [0.4, 0.5) is 0 Å². The van der Waals surface area contributed by atoms with Gasteiger partial charge in [0.15, 0.2) is 12.6 Å². The van der Waals surface area contributed by atoms with Crippen LogP contribution >= 0.6 is 0 Å². The molecule has 162 valence electrons. The Balaban J connectivity index is 1.28. The Labute approximate surface area is 187 Å². The molecule has 5 heteroatoms. The molecular weight excluding hydrogens is 402 g/mol. The number of nitrogens with zero attached hydrogens (tertiary/aromatic N) is 1. The zero-order chi connectivity index (χ0) is 21.8. The molecule has 1 aliphatic carbocycles. The molecule has 5 rings (SSSR count). The highest BCUT2D eigenvalue weighted by Crippen LogP contribution is 2.38. The fourth-order valence-corrected chi connectivity index (χ4v) is 4.24. The van der Waals surface area contributed by atoms with E-state index in [-0.39, 0.29) is 12.9 Å². The lowest BCUT2D eigenvalue weighted by molar-refractivity contribution is 0.0453. The quantitative estimate of drug-likeness (QED) is 0.324. The Bertz CT molecular complexity index is 1170. The second kappa shape index (κ2) is 9.28. The van der Waals surface area contributed by atoms with Gasteiger partial charge in [-0.15, -0.1) is 0 Å². The topological polar surface area (TPSA) is 53.7 Å². The van der Waals surface area contributed by atoms with E-state index < -0.39 is 0 Å². The lowest BCUT2D eigenvalue weighted by Gasteiger charge is -2.16. The SMILES string of the molecule is COCOc1cc(-c2ccc(OC3CCc4c(Cc5ccccc5)cccc43)cc2)on1. The molecule has 0 aliphatic heterocycles. The van der Waals surface area contributed by atoms with Gasteiger partial charge in [-0.05, 0) is 70.9 Å². The molecule has 0 spiro atoms.